The first-order chi connectivity index (χ1) is 7.53. The smallest absolute Gasteiger partial charge is 0.0558 e. The highest BCUT2D eigenvalue weighted by atomic mass is 16.3. The lowest BCUT2D eigenvalue weighted by Gasteiger charge is -2.35. The van der Waals surface area contributed by atoms with E-state index in [1.54, 1.807) is 0 Å². The molecule has 0 heterocycles. The molecule has 1 aliphatic rings. The predicted octanol–water partition coefficient (Wildman–Crippen LogP) is 3.05. The molecule has 0 unspecified atom stereocenters. The fraction of sp³-hybridized carbons (Fsp3) is 1.00. The van der Waals surface area contributed by atoms with E-state index < -0.39 is 0 Å². The van der Waals surface area contributed by atoms with Crippen LogP contribution in [0.2, 0.25) is 0 Å². The van der Waals surface area contributed by atoms with E-state index >= 15 is 0 Å². The van der Waals surface area contributed by atoms with E-state index in [4.69, 9.17) is 5.11 Å². The van der Waals surface area contributed by atoms with Gasteiger partial charge in [0.15, 0.2) is 0 Å². The monoisotopic (exact) mass is 227 g/mol. The van der Waals surface area contributed by atoms with Gasteiger partial charge in [-0.05, 0) is 31.2 Å². The van der Waals surface area contributed by atoms with E-state index in [1.165, 1.54) is 38.5 Å². The molecule has 0 aromatic heterocycles. The molecule has 1 fully saturated rings. The minimum atomic E-state index is 0.306. The summed E-state index contributed by atoms with van der Waals surface area (Å²) in [7, 11) is 0. The highest BCUT2D eigenvalue weighted by Gasteiger charge is 2.22. The zero-order valence-electron chi connectivity index (χ0n) is 11.3. The highest BCUT2D eigenvalue weighted by molar-refractivity contribution is 4.77. The molecule has 2 nitrogen and oxygen atoms in total. The lowest BCUT2D eigenvalue weighted by atomic mass is 9.90. The van der Waals surface area contributed by atoms with Gasteiger partial charge in [0.25, 0.3) is 0 Å². The Balaban J connectivity index is 2.39. The lowest BCUT2D eigenvalue weighted by molar-refractivity contribution is 0.110. The number of aliphatic hydroxyl groups is 1. The Bertz CT molecular complexity index is 180. The van der Waals surface area contributed by atoms with Crippen molar-refractivity contribution in [1.29, 1.82) is 0 Å². The maximum absolute atomic E-state index is 9.16. The Labute approximate surface area is 101 Å². The first-order valence-electron chi connectivity index (χ1n) is 6.88. The lowest BCUT2D eigenvalue weighted by Crippen LogP contribution is -2.40. The summed E-state index contributed by atoms with van der Waals surface area (Å²) >= 11 is 0. The van der Waals surface area contributed by atoms with Crippen LogP contribution < -0.4 is 0 Å². The molecule has 0 saturated heterocycles. The van der Waals surface area contributed by atoms with Crippen molar-refractivity contribution in [2.24, 2.45) is 5.41 Å². The summed E-state index contributed by atoms with van der Waals surface area (Å²) in [5.74, 6) is 0. The molecule has 0 amide bonds. The third-order valence-corrected chi connectivity index (χ3v) is 3.63. The summed E-state index contributed by atoms with van der Waals surface area (Å²) in [4.78, 5) is 2.52. The minimum absolute atomic E-state index is 0.306. The Morgan fingerprint density at radius 1 is 1.06 bits per heavy atom. The van der Waals surface area contributed by atoms with Crippen LogP contribution in [0.25, 0.3) is 0 Å². The summed E-state index contributed by atoms with van der Waals surface area (Å²) in [6.45, 7) is 9.21. The van der Waals surface area contributed by atoms with Crippen molar-refractivity contribution >= 4 is 0 Å². The van der Waals surface area contributed by atoms with Crippen LogP contribution in [0, 0.1) is 5.41 Å². The van der Waals surface area contributed by atoms with Gasteiger partial charge in [0.2, 0.25) is 0 Å². The van der Waals surface area contributed by atoms with Crippen LogP contribution >= 0.6 is 0 Å². The molecule has 1 rings (SSSR count). The molecule has 0 aliphatic heterocycles. The Morgan fingerprint density at radius 3 is 2.19 bits per heavy atom. The SMILES string of the molecule is CC(C)(C)CCN(CCO)C1CCCCC1. The number of nitrogens with zero attached hydrogens (tertiary/aromatic N) is 1. The van der Waals surface area contributed by atoms with Gasteiger partial charge in [0, 0.05) is 12.6 Å². The third kappa shape index (κ3) is 5.31. The second-order valence-corrected chi connectivity index (χ2v) is 6.36. The van der Waals surface area contributed by atoms with E-state index in [1.807, 2.05) is 0 Å². The summed E-state index contributed by atoms with van der Waals surface area (Å²) in [5.41, 5.74) is 0.405. The third-order valence-electron chi connectivity index (χ3n) is 3.63. The average molecular weight is 227 g/mol. The fourth-order valence-corrected chi connectivity index (χ4v) is 2.53. The number of hydrogen-bond donors (Lipinski definition) is 1. The van der Waals surface area contributed by atoms with Crippen LogP contribution in [-0.4, -0.2) is 35.7 Å². The van der Waals surface area contributed by atoms with Crippen molar-refractivity contribution in [3.63, 3.8) is 0 Å². The van der Waals surface area contributed by atoms with Crippen molar-refractivity contribution in [2.45, 2.75) is 65.3 Å². The normalized spacial score (nSPS) is 19.3. The Hall–Kier alpha value is -0.0800. The fourth-order valence-electron chi connectivity index (χ4n) is 2.53. The van der Waals surface area contributed by atoms with E-state index in [0.29, 0.717) is 12.0 Å². The largest absolute Gasteiger partial charge is 0.395 e. The van der Waals surface area contributed by atoms with Crippen molar-refractivity contribution in [3.05, 3.63) is 0 Å². The standard InChI is InChI=1S/C14H29NO/c1-14(2,3)9-10-15(11-12-16)13-7-5-4-6-8-13/h13,16H,4-12H2,1-3H3. The molecule has 2 heteroatoms. The first kappa shape index (κ1) is 14.0. The van der Waals surface area contributed by atoms with Crippen LogP contribution in [0.4, 0.5) is 0 Å². The van der Waals surface area contributed by atoms with Gasteiger partial charge in [-0.25, -0.2) is 0 Å². The molecular weight excluding hydrogens is 198 g/mol. The van der Waals surface area contributed by atoms with Gasteiger partial charge in [0.1, 0.15) is 0 Å². The first-order valence-corrected chi connectivity index (χ1v) is 6.88. The topological polar surface area (TPSA) is 23.5 Å². The summed E-state index contributed by atoms with van der Waals surface area (Å²) in [6.07, 6.45) is 8.06. The van der Waals surface area contributed by atoms with Gasteiger partial charge in [-0.15, -0.1) is 0 Å². The van der Waals surface area contributed by atoms with Gasteiger partial charge >= 0.3 is 0 Å². The van der Waals surface area contributed by atoms with E-state index in [0.717, 1.165) is 19.1 Å². The molecule has 0 aromatic carbocycles. The Morgan fingerprint density at radius 2 is 1.69 bits per heavy atom. The Kier molecular flexibility index (Phi) is 5.77. The minimum Gasteiger partial charge on any atom is -0.395 e. The zero-order chi connectivity index (χ0) is 12.0. The van der Waals surface area contributed by atoms with Crippen LogP contribution in [0.5, 0.6) is 0 Å². The molecule has 0 spiro atoms. The quantitative estimate of drug-likeness (QED) is 0.780. The molecule has 0 radical (unpaired) electrons. The second-order valence-electron chi connectivity index (χ2n) is 6.36. The number of rotatable bonds is 5. The molecule has 0 aromatic rings. The summed E-state index contributed by atoms with van der Waals surface area (Å²) in [5, 5.41) is 9.16. The van der Waals surface area contributed by atoms with Gasteiger partial charge in [-0.3, -0.25) is 4.90 Å². The van der Waals surface area contributed by atoms with E-state index in [2.05, 4.69) is 25.7 Å². The summed E-state index contributed by atoms with van der Waals surface area (Å²) < 4.78 is 0. The molecule has 1 saturated carbocycles. The maximum atomic E-state index is 9.16. The van der Waals surface area contributed by atoms with Crippen LogP contribution in [0.1, 0.15) is 59.3 Å². The molecule has 96 valence electrons. The maximum Gasteiger partial charge on any atom is 0.0558 e. The molecule has 0 atom stereocenters. The van der Waals surface area contributed by atoms with Crippen molar-refractivity contribution < 1.29 is 5.11 Å². The van der Waals surface area contributed by atoms with Crippen LogP contribution in [-0.2, 0) is 0 Å². The van der Waals surface area contributed by atoms with Gasteiger partial charge in [-0.1, -0.05) is 40.0 Å². The second kappa shape index (κ2) is 6.61. The molecule has 1 aliphatic carbocycles. The highest BCUT2D eigenvalue weighted by Crippen LogP contribution is 2.25. The number of hydrogen-bond acceptors (Lipinski definition) is 2. The predicted molar refractivity (Wildman–Crippen MR) is 69.6 cm³/mol. The summed E-state index contributed by atoms with van der Waals surface area (Å²) in [6, 6.07) is 0.739. The van der Waals surface area contributed by atoms with E-state index in [-0.39, 0.29) is 0 Å². The average Bonchev–Trinajstić information content (AvgIpc) is 2.24. The van der Waals surface area contributed by atoms with E-state index in [9.17, 15) is 0 Å². The van der Waals surface area contributed by atoms with Crippen LogP contribution in [0.15, 0.2) is 0 Å². The van der Waals surface area contributed by atoms with Crippen molar-refractivity contribution in [1.82, 2.24) is 4.90 Å². The number of aliphatic hydroxyl groups excluding tert-OH is 1. The zero-order valence-corrected chi connectivity index (χ0v) is 11.3. The van der Waals surface area contributed by atoms with Crippen LogP contribution in [0.3, 0.4) is 0 Å². The van der Waals surface area contributed by atoms with Crippen molar-refractivity contribution in [3.8, 4) is 0 Å². The van der Waals surface area contributed by atoms with Crippen molar-refractivity contribution in [2.75, 3.05) is 19.7 Å². The van der Waals surface area contributed by atoms with Gasteiger partial charge in [0.05, 0.1) is 6.61 Å². The molecular formula is C14H29NO. The molecule has 0 bridgehead atoms. The molecule has 1 N–H and O–H groups in total. The van der Waals surface area contributed by atoms with Gasteiger partial charge in [-0.2, -0.15) is 0 Å². The molecule has 16 heavy (non-hydrogen) atoms. The van der Waals surface area contributed by atoms with Gasteiger partial charge < -0.3 is 5.11 Å².